The van der Waals surface area contributed by atoms with Gasteiger partial charge in [0.05, 0.1) is 57.4 Å². The Morgan fingerprint density at radius 3 is 2.30 bits per heavy atom. The van der Waals surface area contributed by atoms with E-state index in [2.05, 4.69) is 25.9 Å². The van der Waals surface area contributed by atoms with Gasteiger partial charge in [-0.15, -0.1) is 0 Å². The molecule has 198 valence electrons. The summed E-state index contributed by atoms with van der Waals surface area (Å²) < 4.78 is 42.3. The highest BCUT2D eigenvalue weighted by Crippen LogP contribution is 2.36. The molecule has 1 aromatic heterocycles. The van der Waals surface area contributed by atoms with Crippen LogP contribution in [0.5, 0.6) is 17.2 Å². The molecular weight excluding hydrogens is 524 g/mol. The lowest BCUT2D eigenvalue weighted by atomic mass is 10.2. The zero-order valence-electron chi connectivity index (χ0n) is 20.6. The van der Waals surface area contributed by atoms with Crippen molar-refractivity contribution in [2.24, 2.45) is 0 Å². The minimum Gasteiger partial charge on any atom is -0.497 e. The van der Waals surface area contributed by atoms with Gasteiger partial charge in [0, 0.05) is 18.7 Å². The van der Waals surface area contributed by atoms with Crippen LogP contribution in [0.3, 0.4) is 0 Å². The summed E-state index contributed by atoms with van der Waals surface area (Å²) in [4.78, 5) is 19.4. The number of carbonyl (C=O) groups is 1. The summed E-state index contributed by atoms with van der Waals surface area (Å²) in [7, 11) is 0.820. The molecule has 0 saturated carbocycles. The number of sulfonamides is 1. The van der Waals surface area contributed by atoms with Gasteiger partial charge in [-0.2, -0.15) is 4.98 Å². The summed E-state index contributed by atoms with van der Waals surface area (Å²) in [6, 6.07) is 10.1. The summed E-state index contributed by atoms with van der Waals surface area (Å²) in [5, 5.41) is 8.82. The molecule has 0 atom stereocenters. The molecule has 3 rings (SSSR count). The zero-order valence-corrected chi connectivity index (χ0v) is 22.2. The van der Waals surface area contributed by atoms with E-state index in [4.69, 9.17) is 25.8 Å². The van der Waals surface area contributed by atoms with Gasteiger partial charge in [-0.3, -0.25) is 9.10 Å². The monoisotopic (exact) mass is 550 g/mol. The van der Waals surface area contributed by atoms with Crippen molar-refractivity contribution in [3.8, 4) is 17.2 Å². The van der Waals surface area contributed by atoms with Crippen LogP contribution in [0.4, 0.5) is 28.8 Å². The van der Waals surface area contributed by atoms with Gasteiger partial charge >= 0.3 is 0 Å². The molecule has 2 aromatic carbocycles. The molecule has 0 aliphatic heterocycles. The Bertz CT molecular complexity index is 1360. The lowest BCUT2D eigenvalue weighted by Gasteiger charge is -2.25. The second-order valence-corrected chi connectivity index (χ2v) is 9.81. The first-order chi connectivity index (χ1) is 17.7. The Balaban J connectivity index is 1.98. The third kappa shape index (κ3) is 7.05. The number of hydrogen-bond acceptors (Lipinski definition) is 10. The maximum atomic E-state index is 12.6. The van der Waals surface area contributed by atoms with Crippen LogP contribution in [0.15, 0.2) is 42.6 Å². The number of halogens is 1. The molecule has 3 aromatic rings. The maximum Gasteiger partial charge on any atom is 0.232 e. The van der Waals surface area contributed by atoms with Crippen molar-refractivity contribution in [2.75, 3.05) is 55.6 Å². The lowest BCUT2D eigenvalue weighted by Crippen LogP contribution is -2.36. The van der Waals surface area contributed by atoms with Crippen molar-refractivity contribution in [2.45, 2.75) is 0 Å². The second kappa shape index (κ2) is 12.3. The van der Waals surface area contributed by atoms with Gasteiger partial charge in [0.2, 0.25) is 22.4 Å². The summed E-state index contributed by atoms with van der Waals surface area (Å²) in [6.07, 6.45) is 2.97. The first-order valence-corrected chi connectivity index (χ1v) is 13.0. The van der Waals surface area contributed by atoms with E-state index < -0.39 is 10.0 Å². The average Bonchev–Trinajstić information content (AvgIpc) is 2.88. The van der Waals surface area contributed by atoms with Crippen molar-refractivity contribution in [1.29, 1.82) is 0 Å². The molecule has 0 bridgehead atoms. The predicted octanol–water partition coefficient (Wildman–Crippen LogP) is 3.16. The van der Waals surface area contributed by atoms with Crippen molar-refractivity contribution < 1.29 is 27.4 Å². The molecule has 0 radical (unpaired) electrons. The highest BCUT2D eigenvalue weighted by Gasteiger charge is 2.22. The molecule has 1 amide bonds. The highest BCUT2D eigenvalue weighted by atomic mass is 35.5. The van der Waals surface area contributed by atoms with Gasteiger partial charge in [0.1, 0.15) is 22.3 Å². The predicted molar refractivity (Wildman–Crippen MR) is 142 cm³/mol. The van der Waals surface area contributed by atoms with E-state index in [-0.39, 0.29) is 35.6 Å². The van der Waals surface area contributed by atoms with Crippen molar-refractivity contribution in [3.05, 3.63) is 47.6 Å². The van der Waals surface area contributed by atoms with Crippen molar-refractivity contribution >= 4 is 56.9 Å². The van der Waals surface area contributed by atoms with Crippen LogP contribution in [0.2, 0.25) is 5.02 Å². The minimum atomic E-state index is -3.73. The summed E-state index contributed by atoms with van der Waals surface area (Å²) in [5.74, 6) is 1.99. The molecule has 0 unspecified atom stereocenters. The standard InChI is InChI=1S/C23H27ClN6O6S/c1-34-15-5-7-18(20(11-15)30(37(4,32)33)10-9-25-14-31)27-22-17(24)13-26-23(29-22)28-19-8-6-16(35-2)12-21(19)36-3/h5-8,11-14H,9-10H2,1-4H3,(H,25,31)(H2,26,27,28,29). The largest absolute Gasteiger partial charge is 0.497 e. The molecule has 3 N–H and O–H groups in total. The SMILES string of the molecule is COc1ccc(Nc2ncc(Cl)c(Nc3ccc(OC)cc3N(CCNC=O)S(C)(=O)=O)n2)c(OC)c1. The number of nitrogens with zero attached hydrogens (tertiary/aromatic N) is 3. The number of hydrogen-bond donors (Lipinski definition) is 3. The second-order valence-electron chi connectivity index (χ2n) is 7.50. The smallest absolute Gasteiger partial charge is 0.232 e. The summed E-state index contributed by atoms with van der Waals surface area (Å²) >= 11 is 6.37. The number of nitrogens with one attached hydrogen (secondary N) is 3. The van der Waals surface area contributed by atoms with Crippen LogP contribution in [0, 0.1) is 0 Å². The minimum absolute atomic E-state index is 0.0129. The van der Waals surface area contributed by atoms with Gasteiger partial charge in [0.25, 0.3) is 0 Å². The van der Waals surface area contributed by atoms with E-state index in [1.165, 1.54) is 20.4 Å². The van der Waals surface area contributed by atoms with Crippen LogP contribution >= 0.6 is 11.6 Å². The number of carbonyl (C=O) groups excluding carboxylic acids is 1. The Kier molecular flexibility index (Phi) is 9.20. The van der Waals surface area contributed by atoms with E-state index >= 15 is 0 Å². The quantitative estimate of drug-likeness (QED) is 0.214. The number of anilines is 5. The molecular formula is C23H27ClN6O6S. The number of methoxy groups -OCH3 is 3. The highest BCUT2D eigenvalue weighted by molar-refractivity contribution is 7.92. The zero-order chi connectivity index (χ0) is 27.0. The van der Waals surface area contributed by atoms with Gasteiger partial charge < -0.3 is 30.2 Å². The molecule has 14 heteroatoms. The van der Waals surface area contributed by atoms with Crippen LogP contribution in [-0.4, -0.2) is 65.5 Å². The summed E-state index contributed by atoms with van der Waals surface area (Å²) in [6.45, 7) is 0.0836. The molecule has 1 heterocycles. The lowest BCUT2D eigenvalue weighted by molar-refractivity contribution is -0.109. The van der Waals surface area contributed by atoms with Crippen LogP contribution < -0.4 is 34.5 Å². The number of ether oxygens (including phenoxy) is 3. The maximum absolute atomic E-state index is 12.6. The van der Waals surface area contributed by atoms with Gasteiger partial charge in [-0.1, -0.05) is 11.6 Å². The first kappa shape index (κ1) is 27.6. The molecule has 37 heavy (non-hydrogen) atoms. The molecule has 12 nitrogen and oxygen atoms in total. The normalized spacial score (nSPS) is 10.8. The number of aromatic nitrogens is 2. The Morgan fingerprint density at radius 1 is 1.00 bits per heavy atom. The van der Waals surface area contributed by atoms with Gasteiger partial charge in [-0.25, -0.2) is 13.4 Å². The summed E-state index contributed by atoms with van der Waals surface area (Å²) in [5.41, 5.74) is 1.24. The molecule has 0 fully saturated rings. The third-order valence-electron chi connectivity index (χ3n) is 5.07. The molecule has 0 saturated heterocycles. The van der Waals surface area contributed by atoms with Crippen LogP contribution in [0.25, 0.3) is 0 Å². The van der Waals surface area contributed by atoms with E-state index in [0.29, 0.717) is 35.0 Å². The molecule has 0 spiro atoms. The number of amides is 1. The Hall–Kier alpha value is -3.97. The third-order valence-corrected chi connectivity index (χ3v) is 6.53. The van der Waals surface area contributed by atoms with E-state index in [1.54, 1.807) is 43.5 Å². The van der Waals surface area contributed by atoms with Crippen LogP contribution in [-0.2, 0) is 14.8 Å². The fourth-order valence-electron chi connectivity index (χ4n) is 3.31. The molecule has 0 aliphatic rings. The van der Waals surface area contributed by atoms with Gasteiger partial charge in [-0.05, 0) is 24.3 Å². The number of benzene rings is 2. The fourth-order valence-corrected chi connectivity index (χ4v) is 4.37. The van der Waals surface area contributed by atoms with E-state index in [0.717, 1.165) is 10.6 Å². The average molecular weight is 551 g/mol. The van der Waals surface area contributed by atoms with Crippen molar-refractivity contribution in [3.63, 3.8) is 0 Å². The Labute approximate surface area is 220 Å². The first-order valence-electron chi connectivity index (χ1n) is 10.8. The Morgan fingerprint density at radius 2 is 1.68 bits per heavy atom. The van der Waals surface area contributed by atoms with Crippen molar-refractivity contribution in [1.82, 2.24) is 15.3 Å². The van der Waals surface area contributed by atoms with Crippen LogP contribution in [0.1, 0.15) is 0 Å². The van der Waals surface area contributed by atoms with Gasteiger partial charge in [0.15, 0.2) is 5.82 Å². The molecule has 0 aliphatic carbocycles. The van der Waals surface area contributed by atoms with E-state index in [1.807, 2.05) is 0 Å². The number of rotatable bonds is 13. The topological polar surface area (TPSA) is 144 Å². The fraction of sp³-hybridized carbons (Fsp3) is 0.261. The van der Waals surface area contributed by atoms with E-state index in [9.17, 15) is 13.2 Å².